The molecule has 0 amide bonds. The number of anilines is 3. The third kappa shape index (κ3) is 6.88. The molecule has 2 atom stereocenters. The van der Waals surface area contributed by atoms with Gasteiger partial charge in [-0.3, -0.25) is 9.78 Å². The quantitative estimate of drug-likeness (QED) is 0.472. The van der Waals surface area contributed by atoms with Gasteiger partial charge in [-0.05, 0) is 70.1 Å². The molecular weight excluding hydrogens is 421 g/mol. The topological polar surface area (TPSA) is 99.9 Å². The number of hydrogen-bond acceptors (Lipinski definition) is 7. The maximum absolute atomic E-state index is 14.7. The minimum absolute atomic E-state index is 0.0259. The number of nitriles is 1. The predicted octanol–water partition coefficient (Wildman–Crippen LogP) is 5.67. The van der Waals surface area contributed by atoms with Crippen LogP contribution in [0.1, 0.15) is 77.3 Å². The number of ether oxygens (including phenoxy) is 1. The molecule has 0 spiro atoms. The van der Waals surface area contributed by atoms with Crippen LogP contribution in [-0.2, 0) is 9.53 Å². The van der Waals surface area contributed by atoms with Crippen molar-refractivity contribution in [2.24, 2.45) is 5.92 Å². The fourth-order valence-electron chi connectivity index (χ4n) is 3.68. The number of esters is 1. The van der Waals surface area contributed by atoms with Gasteiger partial charge >= 0.3 is 5.97 Å². The minimum atomic E-state index is -0.624. The summed E-state index contributed by atoms with van der Waals surface area (Å²) >= 11 is 0. The molecule has 176 valence electrons. The van der Waals surface area contributed by atoms with Gasteiger partial charge in [0.2, 0.25) is 0 Å². The fourth-order valence-corrected chi connectivity index (χ4v) is 3.68. The zero-order chi connectivity index (χ0) is 24.2. The molecule has 0 aliphatic heterocycles. The van der Waals surface area contributed by atoms with Gasteiger partial charge in [-0.2, -0.15) is 5.26 Å². The number of hydrogen-bond donors (Lipinski definition) is 2. The van der Waals surface area contributed by atoms with Crippen LogP contribution in [0.4, 0.5) is 21.7 Å². The third-order valence-electron chi connectivity index (χ3n) is 5.61. The van der Waals surface area contributed by atoms with E-state index in [0.717, 1.165) is 24.5 Å². The predicted molar refractivity (Wildman–Crippen MR) is 126 cm³/mol. The second kappa shape index (κ2) is 10.2. The number of aromatic nitrogens is 2. The number of nitrogens with one attached hydrogen (secondary N) is 2. The highest BCUT2D eigenvalue weighted by Crippen LogP contribution is 2.40. The van der Waals surface area contributed by atoms with Crippen molar-refractivity contribution in [3.63, 3.8) is 0 Å². The molecule has 0 aromatic carbocycles. The summed E-state index contributed by atoms with van der Waals surface area (Å²) in [5, 5.41) is 15.7. The van der Waals surface area contributed by atoms with E-state index in [9.17, 15) is 14.4 Å². The molecule has 8 heteroatoms. The van der Waals surface area contributed by atoms with Gasteiger partial charge in [-0.15, -0.1) is 0 Å². The molecule has 1 fully saturated rings. The van der Waals surface area contributed by atoms with E-state index in [1.54, 1.807) is 6.20 Å². The summed E-state index contributed by atoms with van der Waals surface area (Å²) < 4.78 is 20.2. The smallest absolute Gasteiger partial charge is 0.306 e. The molecule has 1 aliphatic rings. The zero-order valence-corrected chi connectivity index (χ0v) is 19.9. The molecule has 2 N–H and O–H groups in total. The first kappa shape index (κ1) is 24.4. The van der Waals surface area contributed by atoms with E-state index in [-0.39, 0.29) is 41.5 Å². The van der Waals surface area contributed by atoms with Crippen LogP contribution in [0, 0.1) is 23.1 Å². The molecule has 0 unspecified atom stereocenters. The van der Waals surface area contributed by atoms with Crippen LogP contribution in [-0.4, -0.2) is 27.6 Å². The molecule has 2 heterocycles. The minimum Gasteiger partial charge on any atom is -0.460 e. The summed E-state index contributed by atoms with van der Waals surface area (Å²) in [6.45, 7) is 9.34. The summed E-state index contributed by atoms with van der Waals surface area (Å²) in [5.74, 6) is -0.179. The molecule has 0 radical (unpaired) electrons. The van der Waals surface area contributed by atoms with E-state index in [4.69, 9.17) is 4.74 Å². The number of carbonyl (C=O) groups is 1. The highest BCUT2D eigenvalue weighted by molar-refractivity contribution is 5.70. The van der Waals surface area contributed by atoms with Crippen molar-refractivity contribution in [1.82, 2.24) is 9.97 Å². The number of nitrogens with zero attached hydrogens (tertiary/aromatic N) is 3. The Balaban J connectivity index is 1.76. The van der Waals surface area contributed by atoms with Crippen LogP contribution >= 0.6 is 0 Å². The van der Waals surface area contributed by atoms with Crippen LogP contribution < -0.4 is 10.6 Å². The average Bonchev–Trinajstić information content (AvgIpc) is 3.58. The van der Waals surface area contributed by atoms with Gasteiger partial charge in [0.1, 0.15) is 11.7 Å². The lowest BCUT2D eigenvalue weighted by molar-refractivity contribution is -0.156. The van der Waals surface area contributed by atoms with Gasteiger partial charge in [0.25, 0.3) is 0 Å². The van der Waals surface area contributed by atoms with Gasteiger partial charge in [-0.25, -0.2) is 9.37 Å². The van der Waals surface area contributed by atoms with Gasteiger partial charge in [0.05, 0.1) is 23.9 Å². The molecule has 33 heavy (non-hydrogen) atoms. The van der Waals surface area contributed by atoms with E-state index in [0.29, 0.717) is 18.0 Å². The van der Waals surface area contributed by atoms with Gasteiger partial charge in [0, 0.05) is 12.2 Å². The summed E-state index contributed by atoms with van der Waals surface area (Å²) in [6.07, 6.45) is 6.72. The lowest BCUT2D eigenvalue weighted by atomic mass is 9.94. The molecule has 3 rings (SSSR count). The Bertz CT molecular complexity index is 1040. The number of rotatable bonds is 9. The van der Waals surface area contributed by atoms with Gasteiger partial charge in [-0.1, -0.05) is 13.3 Å². The molecular formula is C25H32FN5O2. The summed E-state index contributed by atoms with van der Waals surface area (Å²) in [7, 11) is 0. The second-order valence-electron chi connectivity index (χ2n) is 9.62. The Kier molecular flexibility index (Phi) is 7.52. The molecule has 7 nitrogen and oxygen atoms in total. The van der Waals surface area contributed by atoms with Crippen LogP contribution in [0.15, 0.2) is 24.5 Å². The molecule has 1 aliphatic carbocycles. The summed E-state index contributed by atoms with van der Waals surface area (Å²) in [6, 6.07) is 4.90. The largest absolute Gasteiger partial charge is 0.460 e. The van der Waals surface area contributed by atoms with Crippen LogP contribution in [0.5, 0.6) is 0 Å². The van der Waals surface area contributed by atoms with E-state index >= 15 is 0 Å². The fraction of sp³-hybridized carbons (Fsp3) is 0.520. The lowest BCUT2D eigenvalue weighted by Crippen LogP contribution is -2.31. The highest BCUT2D eigenvalue weighted by atomic mass is 19.1. The van der Waals surface area contributed by atoms with E-state index in [1.807, 2.05) is 53.0 Å². The Morgan fingerprint density at radius 1 is 1.30 bits per heavy atom. The Labute approximate surface area is 194 Å². The van der Waals surface area contributed by atoms with Gasteiger partial charge < -0.3 is 15.4 Å². The SMILES string of the molecule is CC[C@H](CC(=O)OC(C)(C)C)[C@@H](C)Nc1nc(Nc2cncc(C3CC3)c2)c(C#N)cc1F. The Morgan fingerprint density at radius 2 is 2.03 bits per heavy atom. The molecule has 1 saturated carbocycles. The molecule has 0 bridgehead atoms. The summed E-state index contributed by atoms with van der Waals surface area (Å²) in [5.41, 5.74) is 1.38. The monoisotopic (exact) mass is 453 g/mol. The van der Waals surface area contributed by atoms with Crippen molar-refractivity contribution in [2.45, 2.75) is 77.9 Å². The number of carbonyl (C=O) groups excluding carboxylic acids is 1. The highest BCUT2D eigenvalue weighted by Gasteiger charge is 2.26. The molecule has 2 aromatic rings. The van der Waals surface area contributed by atoms with Crippen molar-refractivity contribution in [3.8, 4) is 6.07 Å². The normalized spacial score (nSPS) is 15.3. The van der Waals surface area contributed by atoms with Crippen molar-refractivity contribution in [3.05, 3.63) is 41.5 Å². The first-order chi connectivity index (χ1) is 15.6. The second-order valence-corrected chi connectivity index (χ2v) is 9.62. The summed E-state index contributed by atoms with van der Waals surface area (Å²) in [4.78, 5) is 20.9. The van der Waals surface area contributed by atoms with Crippen molar-refractivity contribution < 1.29 is 13.9 Å². The molecule has 0 saturated heterocycles. The number of pyridine rings is 2. The van der Waals surface area contributed by atoms with Crippen LogP contribution in [0.25, 0.3) is 0 Å². The van der Waals surface area contributed by atoms with Crippen molar-refractivity contribution in [2.75, 3.05) is 10.6 Å². The van der Waals surface area contributed by atoms with E-state index < -0.39 is 11.4 Å². The zero-order valence-electron chi connectivity index (χ0n) is 19.9. The maximum Gasteiger partial charge on any atom is 0.306 e. The standard InChI is InChI=1S/C25H32FN5O2/c1-6-16(11-22(32)33-25(3,4)5)15(2)29-24-21(26)10-18(12-27)23(31-24)30-20-9-19(13-28-14-20)17-7-8-17/h9-10,13-17H,6-8,11H2,1-5H3,(H2,29,30,31)/t15-,16-/m1/s1. The number of halogens is 1. The molecule has 2 aromatic heterocycles. The third-order valence-corrected chi connectivity index (χ3v) is 5.61. The Hall–Kier alpha value is -3.21. The average molecular weight is 454 g/mol. The van der Waals surface area contributed by atoms with E-state index in [2.05, 4.69) is 20.6 Å². The van der Waals surface area contributed by atoms with Crippen molar-refractivity contribution in [1.29, 1.82) is 5.26 Å². The first-order valence-corrected chi connectivity index (χ1v) is 11.4. The lowest BCUT2D eigenvalue weighted by Gasteiger charge is -2.26. The first-order valence-electron chi connectivity index (χ1n) is 11.4. The van der Waals surface area contributed by atoms with Crippen LogP contribution in [0.3, 0.4) is 0 Å². The van der Waals surface area contributed by atoms with E-state index in [1.165, 1.54) is 0 Å². The Morgan fingerprint density at radius 3 is 2.64 bits per heavy atom. The van der Waals surface area contributed by atoms with Crippen LogP contribution in [0.2, 0.25) is 0 Å². The van der Waals surface area contributed by atoms with Crippen molar-refractivity contribution >= 4 is 23.3 Å². The van der Waals surface area contributed by atoms with Gasteiger partial charge in [0.15, 0.2) is 17.5 Å². The maximum atomic E-state index is 14.7.